The molecular formula is C19H13ClF5N3O3S. The lowest BCUT2D eigenvalue weighted by atomic mass is 10.2. The Bertz CT molecular complexity index is 1070. The van der Waals surface area contributed by atoms with Gasteiger partial charge in [-0.1, -0.05) is 11.8 Å². The van der Waals surface area contributed by atoms with Crippen molar-refractivity contribution in [2.24, 2.45) is 0 Å². The van der Waals surface area contributed by atoms with Crippen molar-refractivity contribution in [3.63, 3.8) is 0 Å². The number of halogens is 6. The number of alkyl halides is 6. The normalized spacial score (nSPS) is 12.0. The molecule has 0 aliphatic heterocycles. The van der Waals surface area contributed by atoms with Gasteiger partial charge in [0.15, 0.2) is 10.9 Å². The quantitative estimate of drug-likeness (QED) is 0.183. The summed E-state index contributed by atoms with van der Waals surface area (Å²) in [4.78, 5) is 21.2. The zero-order chi connectivity index (χ0) is 23.5. The Morgan fingerprint density at radius 1 is 1.16 bits per heavy atom. The van der Waals surface area contributed by atoms with E-state index in [-0.39, 0.29) is 28.1 Å². The number of carbonyl (C=O) groups is 1. The van der Waals surface area contributed by atoms with Gasteiger partial charge in [-0.25, -0.2) is 9.97 Å². The van der Waals surface area contributed by atoms with Gasteiger partial charge in [-0.3, -0.25) is 4.79 Å². The molecule has 0 aliphatic carbocycles. The third-order valence-corrected chi connectivity index (χ3v) is 4.84. The zero-order valence-electron chi connectivity index (χ0n) is 16.1. The van der Waals surface area contributed by atoms with Gasteiger partial charge in [0.2, 0.25) is 5.91 Å². The van der Waals surface area contributed by atoms with Crippen molar-refractivity contribution in [1.82, 2.24) is 9.97 Å². The largest absolute Gasteiger partial charge is 0.487 e. The molecule has 0 atom stereocenters. The molecule has 13 heteroatoms. The minimum absolute atomic E-state index is 0.0766. The highest BCUT2D eigenvalue weighted by atomic mass is 35.5. The number of carbonyl (C=O) groups excluding carboxylic acids is 1. The number of nitrogens with zero attached hydrogens (tertiary/aromatic N) is 3. The second kappa shape index (κ2) is 9.33. The summed E-state index contributed by atoms with van der Waals surface area (Å²) in [6.45, 7) is 0. The van der Waals surface area contributed by atoms with Gasteiger partial charge in [0.1, 0.15) is 17.1 Å². The van der Waals surface area contributed by atoms with Crippen LogP contribution in [0.2, 0.25) is 0 Å². The Morgan fingerprint density at radius 2 is 1.84 bits per heavy atom. The number of furan rings is 1. The highest BCUT2D eigenvalue weighted by Crippen LogP contribution is 2.32. The SMILES string of the molecule is CN(C(=O)CSc1nc(-c2ccco2)cc(C(F)(F)F)n1)c1ccc(OC(F)(F)Cl)cc1. The van der Waals surface area contributed by atoms with Crippen LogP contribution >= 0.6 is 23.4 Å². The third kappa shape index (κ3) is 6.33. The van der Waals surface area contributed by atoms with Crippen LogP contribution in [0.1, 0.15) is 5.69 Å². The molecule has 2 aromatic heterocycles. The van der Waals surface area contributed by atoms with Crippen LogP contribution in [0, 0.1) is 0 Å². The summed E-state index contributed by atoms with van der Waals surface area (Å²) in [5.41, 5.74) is -4.79. The fourth-order valence-electron chi connectivity index (χ4n) is 2.42. The van der Waals surface area contributed by atoms with Crippen LogP contribution in [0.25, 0.3) is 11.5 Å². The standard InChI is InChI=1S/C19H13ClF5N3O3S/c1-28(11-4-6-12(7-5-11)31-19(20,24)25)16(29)10-32-17-26-13(14-3-2-8-30-14)9-15(27-17)18(21,22)23/h2-9H,10H2,1H3. The molecule has 3 rings (SSSR count). The molecular weight excluding hydrogens is 481 g/mol. The summed E-state index contributed by atoms with van der Waals surface area (Å²) in [5, 5.41) is -0.263. The number of thioether (sulfide) groups is 1. The van der Waals surface area contributed by atoms with Crippen molar-refractivity contribution in [1.29, 1.82) is 0 Å². The smallest absolute Gasteiger partial charge is 0.463 e. The molecule has 0 N–H and O–H groups in total. The lowest BCUT2D eigenvalue weighted by molar-refractivity contribution is -0.141. The van der Waals surface area contributed by atoms with Gasteiger partial charge in [-0.15, -0.1) is 8.78 Å². The highest BCUT2D eigenvalue weighted by molar-refractivity contribution is 7.99. The Hall–Kier alpha value is -2.86. The average molecular weight is 494 g/mol. The van der Waals surface area contributed by atoms with Gasteiger partial charge in [0.25, 0.3) is 0 Å². The van der Waals surface area contributed by atoms with E-state index in [2.05, 4.69) is 14.7 Å². The molecule has 0 saturated heterocycles. The minimum atomic E-state index is -4.72. The van der Waals surface area contributed by atoms with Gasteiger partial charge >= 0.3 is 11.7 Å². The molecule has 1 amide bonds. The first kappa shape index (κ1) is 23.8. The van der Waals surface area contributed by atoms with E-state index in [1.54, 1.807) is 0 Å². The minimum Gasteiger partial charge on any atom is -0.463 e. The third-order valence-electron chi connectivity index (χ3n) is 3.93. The van der Waals surface area contributed by atoms with Crippen molar-refractivity contribution in [3.05, 3.63) is 54.4 Å². The maximum Gasteiger partial charge on any atom is 0.487 e. The Labute approximate surface area is 187 Å². The van der Waals surface area contributed by atoms with Crippen LogP contribution in [0.3, 0.4) is 0 Å². The Morgan fingerprint density at radius 3 is 2.41 bits per heavy atom. The molecule has 0 bridgehead atoms. The summed E-state index contributed by atoms with van der Waals surface area (Å²) < 4.78 is 74.2. The van der Waals surface area contributed by atoms with Gasteiger partial charge < -0.3 is 14.1 Å². The number of benzene rings is 1. The summed E-state index contributed by atoms with van der Waals surface area (Å²) in [6, 6.07) is 8.77. The molecule has 3 aromatic rings. The van der Waals surface area contributed by atoms with E-state index in [9.17, 15) is 26.7 Å². The van der Waals surface area contributed by atoms with Crippen molar-refractivity contribution in [2.75, 3.05) is 17.7 Å². The molecule has 6 nitrogen and oxygen atoms in total. The second-order valence-electron chi connectivity index (χ2n) is 6.18. The molecule has 32 heavy (non-hydrogen) atoms. The monoisotopic (exact) mass is 493 g/mol. The first-order valence-corrected chi connectivity index (χ1v) is 10.0. The molecule has 0 saturated carbocycles. The van der Waals surface area contributed by atoms with Crippen LogP contribution in [0.5, 0.6) is 5.75 Å². The predicted octanol–water partition coefficient (Wildman–Crippen LogP) is 5.68. The number of aromatic nitrogens is 2. The lowest BCUT2D eigenvalue weighted by Gasteiger charge is -2.18. The van der Waals surface area contributed by atoms with Crippen molar-refractivity contribution in [2.45, 2.75) is 16.9 Å². The van der Waals surface area contributed by atoms with E-state index in [1.165, 1.54) is 54.6 Å². The summed E-state index contributed by atoms with van der Waals surface area (Å²) in [6.07, 6.45) is -3.43. The van der Waals surface area contributed by atoms with Gasteiger partial charge in [0.05, 0.1) is 12.0 Å². The van der Waals surface area contributed by atoms with Crippen LogP contribution in [0.4, 0.5) is 27.6 Å². The Kier molecular flexibility index (Phi) is 6.94. The number of hydrogen-bond donors (Lipinski definition) is 0. The van der Waals surface area contributed by atoms with E-state index in [0.717, 1.165) is 6.07 Å². The summed E-state index contributed by atoms with van der Waals surface area (Å²) >= 11 is 5.40. The Balaban J connectivity index is 1.71. The highest BCUT2D eigenvalue weighted by Gasteiger charge is 2.34. The first-order chi connectivity index (χ1) is 14.9. The molecule has 170 valence electrons. The van der Waals surface area contributed by atoms with Crippen molar-refractivity contribution in [3.8, 4) is 17.2 Å². The van der Waals surface area contributed by atoms with Crippen LogP contribution < -0.4 is 9.64 Å². The summed E-state index contributed by atoms with van der Waals surface area (Å²) in [7, 11) is 1.41. The molecule has 2 heterocycles. The van der Waals surface area contributed by atoms with Crippen LogP contribution in [0.15, 0.2) is 58.3 Å². The van der Waals surface area contributed by atoms with E-state index in [4.69, 9.17) is 16.0 Å². The van der Waals surface area contributed by atoms with Gasteiger partial charge in [0, 0.05) is 24.3 Å². The van der Waals surface area contributed by atoms with Crippen LogP contribution in [-0.2, 0) is 11.0 Å². The molecule has 0 fully saturated rings. The van der Waals surface area contributed by atoms with E-state index in [0.29, 0.717) is 17.4 Å². The topological polar surface area (TPSA) is 68.5 Å². The molecule has 0 spiro atoms. The fourth-order valence-corrected chi connectivity index (χ4v) is 3.29. The second-order valence-corrected chi connectivity index (χ2v) is 7.56. The van der Waals surface area contributed by atoms with E-state index >= 15 is 0 Å². The molecule has 0 aliphatic rings. The average Bonchev–Trinajstić information content (AvgIpc) is 3.25. The van der Waals surface area contributed by atoms with Crippen molar-refractivity contribution < 1.29 is 35.9 Å². The fraction of sp³-hybridized carbons (Fsp3) is 0.211. The summed E-state index contributed by atoms with van der Waals surface area (Å²) in [5.74, 6) is -0.875. The molecule has 0 radical (unpaired) electrons. The maximum absolute atomic E-state index is 13.2. The lowest BCUT2D eigenvalue weighted by Crippen LogP contribution is -2.28. The predicted molar refractivity (Wildman–Crippen MR) is 107 cm³/mol. The van der Waals surface area contributed by atoms with Crippen molar-refractivity contribution >= 4 is 35.0 Å². The number of hydrogen-bond acceptors (Lipinski definition) is 6. The van der Waals surface area contributed by atoms with E-state index in [1.807, 2.05) is 0 Å². The van der Waals surface area contributed by atoms with E-state index < -0.39 is 23.3 Å². The van der Waals surface area contributed by atoms with Gasteiger partial charge in [-0.05, 0) is 42.5 Å². The number of amides is 1. The zero-order valence-corrected chi connectivity index (χ0v) is 17.6. The van der Waals surface area contributed by atoms with Gasteiger partial charge in [-0.2, -0.15) is 13.2 Å². The van der Waals surface area contributed by atoms with Crippen LogP contribution in [-0.4, -0.2) is 34.2 Å². The number of rotatable bonds is 7. The maximum atomic E-state index is 13.2. The number of anilines is 1. The molecule has 1 aromatic carbocycles. The molecule has 0 unspecified atom stereocenters. The number of ether oxygens (including phenoxy) is 1. The first-order valence-electron chi connectivity index (χ1n) is 8.68.